The van der Waals surface area contributed by atoms with Gasteiger partial charge in [-0.15, -0.1) is 0 Å². The van der Waals surface area contributed by atoms with Gasteiger partial charge in [0.15, 0.2) is 0 Å². The van der Waals surface area contributed by atoms with Crippen molar-refractivity contribution in [1.82, 2.24) is 0 Å². The molecule has 0 radical (unpaired) electrons. The highest BCUT2D eigenvalue weighted by atomic mass is 15.1. The highest BCUT2D eigenvalue weighted by molar-refractivity contribution is 5.53. The minimum Gasteiger partial charge on any atom is -0.372 e. The molecule has 0 bridgehead atoms. The van der Waals surface area contributed by atoms with Crippen LogP contribution in [0.1, 0.15) is 44.1 Å². The predicted molar refractivity (Wildman–Crippen MR) is 103 cm³/mol. The molecular weight excluding hydrogens is 308 g/mol. The number of hydrogen-bond donors (Lipinski definition) is 1. The van der Waals surface area contributed by atoms with E-state index in [-0.39, 0.29) is 5.54 Å². The molecule has 0 unspecified atom stereocenters. The Bertz CT molecular complexity index is 721. The number of anilines is 1. The monoisotopic (exact) mass is 334 g/mol. The molecule has 1 aliphatic carbocycles. The van der Waals surface area contributed by atoms with E-state index in [0.29, 0.717) is 0 Å². The SMILES string of the molecule is NC1(c2ccc(N=Nc3ccc(N4CCCCCC4)cc3)cc2)CC1. The summed E-state index contributed by atoms with van der Waals surface area (Å²) in [5.41, 5.74) is 10.4. The lowest BCUT2D eigenvalue weighted by Crippen LogP contribution is -2.23. The van der Waals surface area contributed by atoms with Crippen molar-refractivity contribution < 1.29 is 0 Å². The van der Waals surface area contributed by atoms with E-state index >= 15 is 0 Å². The van der Waals surface area contributed by atoms with Crippen molar-refractivity contribution in [3.8, 4) is 0 Å². The highest BCUT2D eigenvalue weighted by Crippen LogP contribution is 2.42. The summed E-state index contributed by atoms with van der Waals surface area (Å²) >= 11 is 0. The highest BCUT2D eigenvalue weighted by Gasteiger charge is 2.39. The van der Waals surface area contributed by atoms with Crippen LogP contribution in [0.15, 0.2) is 58.8 Å². The normalized spacial score (nSPS) is 19.8. The lowest BCUT2D eigenvalue weighted by molar-refractivity contribution is 0.726. The Morgan fingerprint density at radius 3 is 1.76 bits per heavy atom. The van der Waals surface area contributed by atoms with Crippen LogP contribution >= 0.6 is 0 Å². The number of benzene rings is 2. The molecule has 1 saturated carbocycles. The van der Waals surface area contributed by atoms with Gasteiger partial charge in [-0.1, -0.05) is 25.0 Å². The Balaban J connectivity index is 1.41. The van der Waals surface area contributed by atoms with Crippen LogP contribution in [0.3, 0.4) is 0 Å². The summed E-state index contributed by atoms with van der Waals surface area (Å²) in [5, 5.41) is 8.71. The maximum atomic E-state index is 6.21. The van der Waals surface area contributed by atoms with Gasteiger partial charge in [0.05, 0.1) is 11.4 Å². The zero-order valence-electron chi connectivity index (χ0n) is 14.7. The molecule has 130 valence electrons. The van der Waals surface area contributed by atoms with Crippen LogP contribution < -0.4 is 10.6 Å². The first kappa shape index (κ1) is 16.3. The van der Waals surface area contributed by atoms with Crippen molar-refractivity contribution in [1.29, 1.82) is 0 Å². The molecule has 1 saturated heterocycles. The maximum Gasteiger partial charge on any atom is 0.0858 e. The van der Waals surface area contributed by atoms with Crippen LogP contribution in [0.5, 0.6) is 0 Å². The van der Waals surface area contributed by atoms with Gasteiger partial charge in [0.25, 0.3) is 0 Å². The van der Waals surface area contributed by atoms with E-state index in [1.807, 2.05) is 12.1 Å². The number of nitrogens with two attached hydrogens (primary N) is 1. The number of hydrogen-bond acceptors (Lipinski definition) is 4. The zero-order chi connectivity index (χ0) is 17.1. The lowest BCUT2D eigenvalue weighted by Gasteiger charge is -2.22. The smallest absolute Gasteiger partial charge is 0.0858 e. The second kappa shape index (κ2) is 6.96. The molecule has 2 aromatic carbocycles. The molecular formula is C21H26N4. The number of azo groups is 1. The summed E-state index contributed by atoms with van der Waals surface area (Å²) in [4.78, 5) is 2.48. The van der Waals surface area contributed by atoms with Crippen molar-refractivity contribution >= 4 is 17.1 Å². The zero-order valence-corrected chi connectivity index (χ0v) is 14.7. The quantitative estimate of drug-likeness (QED) is 0.758. The average molecular weight is 334 g/mol. The topological polar surface area (TPSA) is 54.0 Å². The molecule has 2 N–H and O–H groups in total. The number of nitrogens with zero attached hydrogens (tertiary/aromatic N) is 3. The van der Waals surface area contributed by atoms with Gasteiger partial charge in [-0.25, -0.2) is 0 Å². The second-order valence-corrected chi connectivity index (χ2v) is 7.32. The molecule has 4 heteroatoms. The van der Waals surface area contributed by atoms with Crippen molar-refractivity contribution in [2.24, 2.45) is 16.0 Å². The molecule has 1 heterocycles. The summed E-state index contributed by atoms with van der Waals surface area (Å²) in [5.74, 6) is 0. The van der Waals surface area contributed by atoms with Crippen LogP contribution in [0.25, 0.3) is 0 Å². The lowest BCUT2D eigenvalue weighted by atomic mass is 10.1. The molecule has 2 aliphatic rings. The van der Waals surface area contributed by atoms with E-state index in [2.05, 4.69) is 51.5 Å². The van der Waals surface area contributed by atoms with E-state index in [9.17, 15) is 0 Å². The second-order valence-electron chi connectivity index (χ2n) is 7.32. The van der Waals surface area contributed by atoms with Gasteiger partial charge in [-0.3, -0.25) is 0 Å². The first-order valence-electron chi connectivity index (χ1n) is 9.39. The molecule has 4 rings (SSSR count). The van der Waals surface area contributed by atoms with Crippen LogP contribution in [-0.2, 0) is 5.54 Å². The van der Waals surface area contributed by atoms with Crippen molar-refractivity contribution in [3.63, 3.8) is 0 Å². The molecule has 0 aromatic heterocycles. The molecule has 0 amide bonds. The molecule has 2 fully saturated rings. The van der Waals surface area contributed by atoms with Gasteiger partial charge in [0.2, 0.25) is 0 Å². The Hall–Kier alpha value is -2.20. The van der Waals surface area contributed by atoms with E-state index in [4.69, 9.17) is 5.73 Å². The van der Waals surface area contributed by atoms with Gasteiger partial charge in [0, 0.05) is 24.3 Å². The fourth-order valence-corrected chi connectivity index (χ4v) is 3.46. The van der Waals surface area contributed by atoms with Gasteiger partial charge in [-0.05, 0) is 67.6 Å². The van der Waals surface area contributed by atoms with E-state index in [1.54, 1.807) is 0 Å². The Labute approximate surface area is 149 Å². The molecule has 4 nitrogen and oxygen atoms in total. The van der Waals surface area contributed by atoms with E-state index < -0.39 is 0 Å². The minimum atomic E-state index is -0.0845. The maximum absolute atomic E-state index is 6.21. The third-order valence-electron chi connectivity index (χ3n) is 5.33. The van der Waals surface area contributed by atoms with E-state index in [0.717, 1.165) is 37.3 Å². The van der Waals surface area contributed by atoms with Crippen molar-refractivity contribution in [2.45, 2.75) is 44.1 Å². The van der Waals surface area contributed by atoms with Crippen molar-refractivity contribution in [3.05, 3.63) is 54.1 Å². The summed E-state index contributed by atoms with van der Waals surface area (Å²) in [7, 11) is 0. The molecule has 0 atom stereocenters. The molecule has 25 heavy (non-hydrogen) atoms. The average Bonchev–Trinajstić information content (AvgIpc) is 3.45. The summed E-state index contributed by atoms with van der Waals surface area (Å²) in [6.45, 7) is 2.33. The van der Waals surface area contributed by atoms with E-state index in [1.165, 1.54) is 36.9 Å². The Morgan fingerprint density at radius 2 is 1.24 bits per heavy atom. The van der Waals surface area contributed by atoms with Gasteiger partial charge in [-0.2, -0.15) is 10.2 Å². The number of rotatable bonds is 4. The largest absolute Gasteiger partial charge is 0.372 e. The molecule has 2 aromatic rings. The Morgan fingerprint density at radius 1 is 0.720 bits per heavy atom. The van der Waals surface area contributed by atoms with Crippen LogP contribution in [0, 0.1) is 0 Å². The Kier molecular flexibility index (Phi) is 4.53. The van der Waals surface area contributed by atoms with Crippen LogP contribution in [0.2, 0.25) is 0 Å². The van der Waals surface area contributed by atoms with Gasteiger partial charge < -0.3 is 10.6 Å². The first-order chi connectivity index (χ1) is 12.2. The third-order valence-corrected chi connectivity index (χ3v) is 5.33. The summed E-state index contributed by atoms with van der Waals surface area (Å²) < 4.78 is 0. The minimum absolute atomic E-state index is 0.0845. The summed E-state index contributed by atoms with van der Waals surface area (Å²) in [6, 6.07) is 16.6. The standard InChI is InChI=1S/C21H26N4/c22-21(13-14-21)17-5-7-18(8-6-17)23-24-19-9-11-20(12-10-19)25-15-3-1-2-4-16-25/h5-12H,1-4,13-16,22H2. The van der Waals surface area contributed by atoms with Gasteiger partial charge in [0.1, 0.15) is 0 Å². The first-order valence-corrected chi connectivity index (χ1v) is 9.39. The third kappa shape index (κ3) is 3.90. The summed E-state index contributed by atoms with van der Waals surface area (Å²) in [6.07, 6.45) is 7.46. The van der Waals surface area contributed by atoms with Crippen molar-refractivity contribution in [2.75, 3.05) is 18.0 Å². The molecule has 0 spiro atoms. The molecule has 1 aliphatic heterocycles. The van der Waals surface area contributed by atoms with Gasteiger partial charge >= 0.3 is 0 Å². The van der Waals surface area contributed by atoms with Crippen LogP contribution in [0.4, 0.5) is 17.1 Å². The predicted octanol–water partition coefficient (Wildman–Crippen LogP) is 5.43. The fraction of sp³-hybridized carbons (Fsp3) is 0.429. The van der Waals surface area contributed by atoms with Crippen LogP contribution in [-0.4, -0.2) is 13.1 Å². The fourth-order valence-electron chi connectivity index (χ4n) is 3.46.